The van der Waals surface area contributed by atoms with Gasteiger partial charge in [-0.25, -0.2) is 4.98 Å². The molecule has 2 rings (SSSR count). The number of aromatic nitrogens is 1. The van der Waals surface area contributed by atoms with Crippen molar-refractivity contribution in [2.45, 2.75) is 26.9 Å². The van der Waals surface area contributed by atoms with Gasteiger partial charge in [0.25, 0.3) is 5.91 Å². The summed E-state index contributed by atoms with van der Waals surface area (Å²) in [4.78, 5) is 17.1. The molecule has 0 saturated carbocycles. The fourth-order valence-electron chi connectivity index (χ4n) is 1.98. The fourth-order valence-corrected chi connectivity index (χ4v) is 2.88. The van der Waals surface area contributed by atoms with Crippen LogP contribution in [0.4, 0.5) is 0 Å². The number of nitrogens with one attached hydrogen (secondary N) is 2. The lowest BCUT2D eigenvalue weighted by Gasteiger charge is -2.05. The van der Waals surface area contributed by atoms with Crippen LogP contribution in [0.25, 0.3) is 0 Å². The summed E-state index contributed by atoms with van der Waals surface area (Å²) in [6.07, 6.45) is 0. The van der Waals surface area contributed by atoms with Crippen LogP contribution in [-0.2, 0) is 13.1 Å². The van der Waals surface area contributed by atoms with E-state index in [4.69, 9.17) is 0 Å². The van der Waals surface area contributed by atoms with Gasteiger partial charge in [-0.2, -0.15) is 0 Å². The van der Waals surface area contributed by atoms with Gasteiger partial charge in [0, 0.05) is 30.6 Å². The molecule has 0 atom stereocenters. The van der Waals surface area contributed by atoms with Gasteiger partial charge in [-0.15, -0.1) is 11.3 Å². The van der Waals surface area contributed by atoms with Crippen molar-refractivity contribution in [2.24, 2.45) is 0 Å². The zero-order valence-electron chi connectivity index (χ0n) is 12.0. The molecular weight excluding hydrogens is 270 g/mol. The summed E-state index contributed by atoms with van der Waals surface area (Å²) in [6, 6.07) is 7.64. The van der Waals surface area contributed by atoms with Crippen molar-refractivity contribution in [1.29, 1.82) is 0 Å². The number of amides is 1. The predicted molar refractivity (Wildman–Crippen MR) is 82.0 cm³/mol. The van der Waals surface area contributed by atoms with E-state index >= 15 is 0 Å². The third kappa shape index (κ3) is 3.65. The molecule has 1 aromatic heterocycles. The molecule has 0 radical (unpaired) electrons. The summed E-state index contributed by atoms with van der Waals surface area (Å²) in [7, 11) is 1.64. The molecule has 0 aliphatic rings. The summed E-state index contributed by atoms with van der Waals surface area (Å²) in [5.74, 6) is -0.0553. The quantitative estimate of drug-likeness (QED) is 0.889. The second-order valence-electron chi connectivity index (χ2n) is 4.62. The predicted octanol–water partition coefficient (Wildman–Crippen LogP) is 2.41. The van der Waals surface area contributed by atoms with Gasteiger partial charge in [0.15, 0.2) is 0 Å². The zero-order chi connectivity index (χ0) is 14.5. The third-order valence-corrected chi connectivity index (χ3v) is 4.13. The van der Waals surface area contributed by atoms with E-state index in [0.29, 0.717) is 5.56 Å². The van der Waals surface area contributed by atoms with Crippen molar-refractivity contribution in [3.63, 3.8) is 0 Å². The highest BCUT2D eigenvalue weighted by atomic mass is 32.1. The summed E-state index contributed by atoms with van der Waals surface area (Å²) in [6.45, 7) is 5.68. The fraction of sp³-hybridized carbons (Fsp3) is 0.333. The summed E-state index contributed by atoms with van der Waals surface area (Å²) in [5, 5.41) is 7.12. The molecule has 0 saturated heterocycles. The van der Waals surface area contributed by atoms with Crippen LogP contribution in [0.5, 0.6) is 0 Å². The highest BCUT2D eigenvalue weighted by molar-refractivity contribution is 7.11. The Balaban J connectivity index is 1.88. The number of hydrogen-bond acceptors (Lipinski definition) is 4. The van der Waals surface area contributed by atoms with E-state index in [1.54, 1.807) is 18.4 Å². The van der Waals surface area contributed by atoms with E-state index in [9.17, 15) is 4.79 Å². The Hall–Kier alpha value is -1.72. The van der Waals surface area contributed by atoms with Gasteiger partial charge < -0.3 is 10.6 Å². The van der Waals surface area contributed by atoms with Crippen LogP contribution in [0, 0.1) is 13.8 Å². The standard InChI is InChI=1S/C15H19N3OS/c1-10-14(20-11(2)18-10)9-17-8-12-4-6-13(7-5-12)15(19)16-3/h4-7,17H,8-9H2,1-3H3,(H,16,19). The summed E-state index contributed by atoms with van der Waals surface area (Å²) in [5.41, 5.74) is 2.96. The molecule has 106 valence electrons. The Morgan fingerprint density at radius 3 is 2.45 bits per heavy atom. The minimum atomic E-state index is -0.0553. The molecule has 1 aromatic carbocycles. The molecule has 0 fully saturated rings. The number of aryl methyl sites for hydroxylation is 2. The lowest BCUT2D eigenvalue weighted by Crippen LogP contribution is -2.18. The van der Waals surface area contributed by atoms with Gasteiger partial charge >= 0.3 is 0 Å². The molecule has 2 N–H and O–H groups in total. The van der Waals surface area contributed by atoms with Crippen LogP contribution >= 0.6 is 11.3 Å². The van der Waals surface area contributed by atoms with Gasteiger partial charge in [0.2, 0.25) is 0 Å². The van der Waals surface area contributed by atoms with Crippen LogP contribution in [0.15, 0.2) is 24.3 Å². The van der Waals surface area contributed by atoms with Gasteiger partial charge in [-0.05, 0) is 31.5 Å². The topological polar surface area (TPSA) is 54.0 Å². The van der Waals surface area contributed by atoms with Crippen molar-refractivity contribution in [2.75, 3.05) is 7.05 Å². The molecule has 0 bridgehead atoms. The minimum Gasteiger partial charge on any atom is -0.355 e. The third-order valence-electron chi connectivity index (χ3n) is 3.06. The van der Waals surface area contributed by atoms with Crippen LogP contribution in [-0.4, -0.2) is 17.9 Å². The highest BCUT2D eigenvalue weighted by Crippen LogP contribution is 2.16. The largest absolute Gasteiger partial charge is 0.355 e. The molecule has 1 heterocycles. The van der Waals surface area contributed by atoms with E-state index in [-0.39, 0.29) is 5.91 Å². The van der Waals surface area contributed by atoms with Gasteiger partial charge in [0.1, 0.15) is 0 Å². The molecule has 0 aliphatic heterocycles. The maximum Gasteiger partial charge on any atom is 0.251 e. The summed E-state index contributed by atoms with van der Waals surface area (Å²) >= 11 is 1.73. The average molecular weight is 289 g/mol. The molecule has 20 heavy (non-hydrogen) atoms. The second kappa shape index (κ2) is 6.63. The monoisotopic (exact) mass is 289 g/mol. The van der Waals surface area contributed by atoms with Crippen LogP contribution in [0.2, 0.25) is 0 Å². The Kier molecular flexibility index (Phi) is 4.87. The van der Waals surface area contributed by atoms with Crippen molar-refractivity contribution in [3.05, 3.63) is 51.0 Å². The second-order valence-corrected chi connectivity index (χ2v) is 5.91. The Labute approximate surface area is 123 Å². The highest BCUT2D eigenvalue weighted by Gasteiger charge is 2.05. The van der Waals surface area contributed by atoms with E-state index in [0.717, 1.165) is 29.4 Å². The van der Waals surface area contributed by atoms with Crippen LogP contribution in [0.3, 0.4) is 0 Å². The van der Waals surface area contributed by atoms with Crippen molar-refractivity contribution in [1.82, 2.24) is 15.6 Å². The lowest BCUT2D eigenvalue weighted by atomic mass is 10.1. The van der Waals surface area contributed by atoms with E-state index in [1.807, 2.05) is 38.1 Å². The number of benzene rings is 1. The van der Waals surface area contributed by atoms with E-state index < -0.39 is 0 Å². The normalized spacial score (nSPS) is 10.6. The van der Waals surface area contributed by atoms with Crippen LogP contribution in [0.1, 0.15) is 31.5 Å². The number of carbonyl (C=O) groups is 1. The maximum absolute atomic E-state index is 11.4. The van der Waals surface area contributed by atoms with Gasteiger partial charge in [-0.3, -0.25) is 4.79 Å². The SMILES string of the molecule is CNC(=O)c1ccc(CNCc2sc(C)nc2C)cc1. The number of carbonyl (C=O) groups excluding carboxylic acids is 1. The molecule has 0 aliphatic carbocycles. The first-order chi connectivity index (χ1) is 9.60. The molecule has 4 nitrogen and oxygen atoms in total. The maximum atomic E-state index is 11.4. The molecule has 2 aromatic rings. The number of thiazole rings is 1. The lowest BCUT2D eigenvalue weighted by molar-refractivity contribution is 0.0963. The first-order valence-corrected chi connectivity index (χ1v) is 7.36. The minimum absolute atomic E-state index is 0.0553. The van der Waals surface area contributed by atoms with Crippen LogP contribution < -0.4 is 10.6 Å². The average Bonchev–Trinajstić information content (AvgIpc) is 2.77. The van der Waals surface area contributed by atoms with Crippen molar-refractivity contribution >= 4 is 17.2 Å². The van der Waals surface area contributed by atoms with E-state index in [2.05, 4.69) is 15.6 Å². The Morgan fingerprint density at radius 2 is 1.90 bits per heavy atom. The Bertz CT molecular complexity index is 590. The number of nitrogens with zero attached hydrogens (tertiary/aromatic N) is 1. The van der Waals surface area contributed by atoms with Crippen molar-refractivity contribution in [3.8, 4) is 0 Å². The molecule has 0 spiro atoms. The molecule has 5 heteroatoms. The zero-order valence-corrected chi connectivity index (χ0v) is 12.8. The Morgan fingerprint density at radius 1 is 1.20 bits per heavy atom. The first kappa shape index (κ1) is 14.7. The van der Waals surface area contributed by atoms with Gasteiger partial charge in [0.05, 0.1) is 10.7 Å². The van der Waals surface area contributed by atoms with Gasteiger partial charge in [-0.1, -0.05) is 12.1 Å². The number of hydrogen-bond donors (Lipinski definition) is 2. The molecular formula is C15H19N3OS. The smallest absolute Gasteiger partial charge is 0.251 e. The van der Waals surface area contributed by atoms with E-state index in [1.165, 1.54) is 4.88 Å². The number of rotatable bonds is 5. The van der Waals surface area contributed by atoms with Crippen molar-refractivity contribution < 1.29 is 4.79 Å². The molecule has 0 unspecified atom stereocenters. The molecule has 1 amide bonds. The summed E-state index contributed by atoms with van der Waals surface area (Å²) < 4.78 is 0. The first-order valence-electron chi connectivity index (χ1n) is 6.55.